The molecule has 0 spiro atoms. The van der Waals surface area contributed by atoms with E-state index in [1.807, 2.05) is 41.8 Å². The third kappa shape index (κ3) is 3.75. The van der Waals surface area contributed by atoms with Crippen molar-refractivity contribution in [1.82, 2.24) is 10.3 Å². The van der Waals surface area contributed by atoms with Crippen LogP contribution in [-0.2, 0) is 9.53 Å². The number of hydrogen-bond donors (Lipinski definition) is 1. The van der Waals surface area contributed by atoms with E-state index < -0.39 is 5.97 Å². The summed E-state index contributed by atoms with van der Waals surface area (Å²) in [6, 6.07) is 13.2. The van der Waals surface area contributed by atoms with Crippen molar-refractivity contribution in [3.8, 4) is 10.6 Å². The number of nitrogens with zero attached hydrogens (tertiary/aromatic N) is 1. The van der Waals surface area contributed by atoms with Gasteiger partial charge < -0.3 is 10.1 Å². The lowest BCUT2D eigenvalue weighted by atomic mass is 10.1. The highest BCUT2D eigenvalue weighted by atomic mass is 32.1. The Morgan fingerprint density at radius 3 is 2.81 bits per heavy atom. The SMILES string of the molecule is O=C(CNC(=O)c1cc(-c2cccs2)nc2ccccc12)OCC1CC1. The van der Waals surface area contributed by atoms with Crippen molar-refractivity contribution in [2.24, 2.45) is 5.92 Å². The molecule has 6 heteroatoms. The second-order valence-corrected chi connectivity index (χ2v) is 7.31. The number of nitrogens with one attached hydrogen (secondary N) is 1. The molecule has 132 valence electrons. The molecular weight excluding hydrogens is 348 g/mol. The smallest absolute Gasteiger partial charge is 0.325 e. The Hall–Kier alpha value is -2.73. The summed E-state index contributed by atoms with van der Waals surface area (Å²) in [5.74, 6) is -0.195. The predicted molar refractivity (Wildman–Crippen MR) is 101 cm³/mol. The summed E-state index contributed by atoms with van der Waals surface area (Å²) in [7, 11) is 0. The number of benzene rings is 1. The van der Waals surface area contributed by atoms with E-state index >= 15 is 0 Å². The lowest BCUT2D eigenvalue weighted by Gasteiger charge is -2.10. The molecule has 4 rings (SSSR count). The van der Waals surface area contributed by atoms with Crippen LogP contribution < -0.4 is 5.32 Å². The van der Waals surface area contributed by atoms with Crippen LogP contribution >= 0.6 is 11.3 Å². The fraction of sp³-hybridized carbons (Fsp3) is 0.250. The van der Waals surface area contributed by atoms with Crippen LogP contribution in [0, 0.1) is 5.92 Å². The number of fused-ring (bicyclic) bond motifs is 1. The van der Waals surface area contributed by atoms with E-state index in [1.165, 1.54) is 0 Å². The topological polar surface area (TPSA) is 68.3 Å². The minimum absolute atomic E-state index is 0.128. The van der Waals surface area contributed by atoms with E-state index in [9.17, 15) is 9.59 Å². The maximum absolute atomic E-state index is 12.7. The third-order valence-electron chi connectivity index (χ3n) is 4.30. The Morgan fingerprint density at radius 2 is 2.04 bits per heavy atom. The van der Waals surface area contributed by atoms with E-state index in [2.05, 4.69) is 10.3 Å². The Kier molecular flexibility index (Phi) is 4.67. The zero-order valence-corrected chi connectivity index (χ0v) is 14.9. The van der Waals surface area contributed by atoms with Crippen LogP contribution in [0.1, 0.15) is 23.2 Å². The summed E-state index contributed by atoms with van der Waals surface area (Å²) in [6.45, 7) is 0.325. The molecule has 1 amide bonds. The van der Waals surface area contributed by atoms with Crippen LogP contribution in [0.5, 0.6) is 0 Å². The summed E-state index contributed by atoms with van der Waals surface area (Å²) < 4.78 is 5.16. The number of amides is 1. The molecule has 26 heavy (non-hydrogen) atoms. The molecule has 1 saturated carbocycles. The average Bonchev–Trinajstić information content (AvgIpc) is 3.34. The van der Waals surface area contributed by atoms with Crippen molar-refractivity contribution in [3.63, 3.8) is 0 Å². The van der Waals surface area contributed by atoms with Gasteiger partial charge in [0.15, 0.2) is 0 Å². The first-order valence-electron chi connectivity index (χ1n) is 8.58. The minimum atomic E-state index is -0.401. The normalized spacial score (nSPS) is 13.5. The molecule has 2 aromatic heterocycles. The van der Waals surface area contributed by atoms with Crippen LogP contribution in [0.2, 0.25) is 0 Å². The van der Waals surface area contributed by atoms with Gasteiger partial charge in [-0.3, -0.25) is 9.59 Å². The number of para-hydroxylation sites is 1. The number of pyridine rings is 1. The highest BCUT2D eigenvalue weighted by molar-refractivity contribution is 7.13. The minimum Gasteiger partial charge on any atom is -0.464 e. The molecule has 0 unspecified atom stereocenters. The maximum Gasteiger partial charge on any atom is 0.325 e. The summed E-state index contributed by atoms with van der Waals surface area (Å²) in [5.41, 5.74) is 2.01. The molecule has 1 fully saturated rings. The quantitative estimate of drug-likeness (QED) is 0.676. The number of thiophene rings is 1. The Bertz CT molecular complexity index is 949. The third-order valence-corrected chi connectivity index (χ3v) is 5.20. The van der Waals surface area contributed by atoms with E-state index in [4.69, 9.17) is 4.74 Å². The van der Waals surface area contributed by atoms with Crippen LogP contribution in [0.3, 0.4) is 0 Å². The van der Waals surface area contributed by atoms with Gasteiger partial charge in [0.25, 0.3) is 5.91 Å². The Morgan fingerprint density at radius 1 is 1.19 bits per heavy atom. The van der Waals surface area contributed by atoms with Gasteiger partial charge >= 0.3 is 5.97 Å². The van der Waals surface area contributed by atoms with Gasteiger partial charge in [-0.1, -0.05) is 24.3 Å². The zero-order chi connectivity index (χ0) is 17.9. The van der Waals surface area contributed by atoms with Crippen molar-refractivity contribution < 1.29 is 14.3 Å². The van der Waals surface area contributed by atoms with Crippen molar-refractivity contribution >= 4 is 34.1 Å². The van der Waals surface area contributed by atoms with Gasteiger partial charge in [-0.15, -0.1) is 11.3 Å². The first-order valence-corrected chi connectivity index (χ1v) is 9.46. The van der Waals surface area contributed by atoms with Crippen molar-refractivity contribution in [3.05, 3.63) is 53.4 Å². The van der Waals surface area contributed by atoms with Crippen LogP contribution in [0.25, 0.3) is 21.5 Å². The van der Waals surface area contributed by atoms with Crippen molar-refractivity contribution in [2.45, 2.75) is 12.8 Å². The number of ether oxygens (including phenoxy) is 1. The van der Waals surface area contributed by atoms with Crippen LogP contribution in [-0.4, -0.2) is 30.0 Å². The monoisotopic (exact) mass is 366 g/mol. The molecular formula is C20H18N2O3S. The highest BCUT2D eigenvalue weighted by Gasteiger charge is 2.23. The van der Waals surface area contributed by atoms with Crippen molar-refractivity contribution in [2.75, 3.05) is 13.2 Å². The van der Waals surface area contributed by atoms with Crippen molar-refractivity contribution in [1.29, 1.82) is 0 Å². The van der Waals surface area contributed by atoms with Gasteiger partial charge in [0, 0.05) is 5.39 Å². The number of hydrogen-bond acceptors (Lipinski definition) is 5. The standard InChI is InChI=1S/C20H18N2O3S/c23-19(25-12-13-7-8-13)11-21-20(24)15-10-17(18-6-3-9-26-18)22-16-5-2-1-4-14(15)16/h1-6,9-10,13H,7-8,11-12H2,(H,21,24). The number of aromatic nitrogens is 1. The lowest BCUT2D eigenvalue weighted by molar-refractivity contribution is -0.142. The molecule has 5 nitrogen and oxygen atoms in total. The number of carbonyl (C=O) groups is 2. The molecule has 2 heterocycles. The van der Waals surface area contributed by atoms with E-state index in [0.717, 1.165) is 34.3 Å². The first-order chi connectivity index (χ1) is 12.7. The molecule has 0 radical (unpaired) electrons. The Labute approximate surface area is 155 Å². The fourth-order valence-electron chi connectivity index (χ4n) is 2.71. The number of rotatable bonds is 6. The maximum atomic E-state index is 12.7. The van der Waals surface area contributed by atoms with Crippen LogP contribution in [0.15, 0.2) is 47.8 Å². The second-order valence-electron chi connectivity index (χ2n) is 6.36. The molecule has 3 aromatic rings. The molecule has 1 aliphatic carbocycles. The largest absolute Gasteiger partial charge is 0.464 e. The first kappa shape index (κ1) is 16.7. The summed E-state index contributed by atoms with van der Waals surface area (Å²) in [4.78, 5) is 30.1. The zero-order valence-electron chi connectivity index (χ0n) is 14.1. The molecule has 1 aliphatic rings. The molecule has 1 aromatic carbocycles. The van der Waals surface area contributed by atoms with Gasteiger partial charge in [-0.05, 0) is 42.3 Å². The second kappa shape index (κ2) is 7.25. The lowest BCUT2D eigenvalue weighted by Crippen LogP contribution is -2.31. The van der Waals surface area contributed by atoms with Crippen LogP contribution in [0.4, 0.5) is 0 Å². The molecule has 0 saturated heterocycles. The van der Waals surface area contributed by atoms with Gasteiger partial charge in [0.05, 0.1) is 28.3 Å². The van der Waals surface area contributed by atoms with E-state index in [0.29, 0.717) is 18.1 Å². The van der Waals surface area contributed by atoms with Gasteiger partial charge in [0.2, 0.25) is 0 Å². The Balaban J connectivity index is 1.55. The van der Waals surface area contributed by atoms with E-state index in [1.54, 1.807) is 17.4 Å². The van der Waals surface area contributed by atoms with E-state index in [-0.39, 0.29) is 12.5 Å². The summed E-state index contributed by atoms with van der Waals surface area (Å²) >= 11 is 1.57. The van der Waals surface area contributed by atoms with Gasteiger partial charge in [-0.2, -0.15) is 0 Å². The fourth-order valence-corrected chi connectivity index (χ4v) is 3.39. The highest BCUT2D eigenvalue weighted by Crippen LogP contribution is 2.29. The summed E-state index contributed by atoms with van der Waals surface area (Å²) in [6.07, 6.45) is 2.24. The van der Waals surface area contributed by atoms with Gasteiger partial charge in [-0.25, -0.2) is 4.98 Å². The molecule has 0 atom stereocenters. The molecule has 0 bridgehead atoms. The molecule has 0 aliphatic heterocycles. The summed E-state index contributed by atoms with van der Waals surface area (Å²) in [5, 5.41) is 5.40. The molecule has 1 N–H and O–H groups in total. The predicted octanol–water partition coefficient (Wildman–Crippen LogP) is 3.65. The average molecular weight is 366 g/mol. The number of esters is 1. The number of carbonyl (C=O) groups excluding carboxylic acids is 2. The van der Waals surface area contributed by atoms with Gasteiger partial charge in [0.1, 0.15) is 6.54 Å².